The molecule has 4 aromatic rings. The number of aromatic nitrogens is 3. The Bertz CT molecular complexity index is 1640. The Balaban J connectivity index is 1.32. The summed E-state index contributed by atoms with van der Waals surface area (Å²) in [6, 6.07) is 17.3. The summed E-state index contributed by atoms with van der Waals surface area (Å²) in [5.41, 5.74) is 3.01. The van der Waals surface area contributed by atoms with E-state index >= 15 is 0 Å². The van der Waals surface area contributed by atoms with Crippen LogP contribution in [0.15, 0.2) is 71.8 Å². The van der Waals surface area contributed by atoms with Crippen LogP contribution in [-0.4, -0.2) is 72.0 Å². The minimum Gasteiger partial charge on any atom is -0.395 e. The van der Waals surface area contributed by atoms with E-state index in [9.17, 15) is 13.2 Å². The Morgan fingerprint density at radius 1 is 1.02 bits per heavy atom. The number of ether oxygens (including phenoxy) is 1. The van der Waals surface area contributed by atoms with Crippen molar-refractivity contribution in [3.8, 4) is 11.4 Å². The number of amides is 1. The summed E-state index contributed by atoms with van der Waals surface area (Å²) in [5.74, 6) is 0.0460. The third-order valence-electron chi connectivity index (χ3n) is 6.62. The number of rotatable bonds is 8. The van der Waals surface area contributed by atoms with Crippen molar-refractivity contribution in [2.75, 3.05) is 30.3 Å². The number of hydrogen-bond donors (Lipinski definition) is 2. The molecule has 1 aromatic carbocycles. The SMILES string of the molecule is C[C@@H]1CN(c2cccc(-c3ccc4cnc(CNC(=O)c5cccc(S(=O)(=O)CCO)c5)cc4n3)n2)C[C@H](C)O1. The lowest BCUT2D eigenvalue weighted by Crippen LogP contribution is -2.45. The third-order valence-corrected chi connectivity index (χ3v) is 8.31. The van der Waals surface area contributed by atoms with Gasteiger partial charge in [-0.3, -0.25) is 9.78 Å². The van der Waals surface area contributed by atoms with Crippen molar-refractivity contribution < 1.29 is 23.1 Å². The normalized spacial score (nSPS) is 17.6. The van der Waals surface area contributed by atoms with Crippen LogP contribution in [-0.2, 0) is 21.1 Å². The molecule has 11 heteroatoms. The van der Waals surface area contributed by atoms with Crippen molar-refractivity contribution in [2.45, 2.75) is 37.5 Å². The average Bonchev–Trinajstić information content (AvgIpc) is 2.95. The number of carbonyl (C=O) groups excluding carboxylic acids is 1. The number of anilines is 1. The van der Waals surface area contributed by atoms with Crippen molar-refractivity contribution in [1.29, 1.82) is 0 Å². The van der Waals surface area contributed by atoms with Crippen molar-refractivity contribution >= 4 is 32.5 Å². The second-order valence-electron chi connectivity index (χ2n) is 9.86. The molecule has 1 amide bonds. The van der Waals surface area contributed by atoms with Gasteiger partial charge in [0.05, 0.1) is 58.6 Å². The summed E-state index contributed by atoms with van der Waals surface area (Å²) in [6.45, 7) is 5.31. The molecule has 0 aliphatic carbocycles. The topological polar surface area (TPSA) is 135 Å². The highest BCUT2D eigenvalue weighted by Gasteiger charge is 2.23. The van der Waals surface area contributed by atoms with E-state index < -0.39 is 28.1 Å². The standard InChI is InChI=1S/C29H31N5O5S/c1-19-17-34(18-20(2)39-19)28-8-4-7-25(33-28)26-10-9-22-15-30-23(14-27(22)32-26)16-31-29(36)21-5-3-6-24(13-21)40(37,38)12-11-35/h3-10,13-15,19-20,35H,11-12,16-18H2,1-2H3,(H,31,36)/t19-,20+. The number of carbonyl (C=O) groups is 1. The molecule has 0 unspecified atom stereocenters. The fourth-order valence-corrected chi connectivity index (χ4v) is 5.81. The second-order valence-corrected chi connectivity index (χ2v) is 12.0. The summed E-state index contributed by atoms with van der Waals surface area (Å²) in [5, 5.41) is 12.7. The predicted octanol–water partition coefficient (Wildman–Crippen LogP) is 3.00. The summed E-state index contributed by atoms with van der Waals surface area (Å²) in [7, 11) is -3.66. The van der Waals surface area contributed by atoms with E-state index in [1.807, 2.05) is 36.4 Å². The number of pyridine rings is 3. The molecule has 1 aliphatic heterocycles. The van der Waals surface area contributed by atoms with Crippen LogP contribution in [0.4, 0.5) is 5.82 Å². The van der Waals surface area contributed by atoms with Gasteiger partial charge in [-0.1, -0.05) is 12.1 Å². The highest BCUT2D eigenvalue weighted by molar-refractivity contribution is 7.91. The summed E-state index contributed by atoms with van der Waals surface area (Å²) >= 11 is 0. The van der Waals surface area contributed by atoms with Gasteiger partial charge in [0, 0.05) is 30.2 Å². The zero-order valence-corrected chi connectivity index (χ0v) is 23.1. The van der Waals surface area contributed by atoms with E-state index in [1.165, 1.54) is 24.3 Å². The monoisotopic (exact) mass is 561 g/mol. The number of nitrogens with zero attached hydrogens (tertiary/aromatic N) is 4. The van der Waals surface area contributed by atoms with Crippen molar-refractivity contribution in [1.82, 2.24) is 20.3 Å². The maximum atomic E-state index is 12.7. The molecule has 1 saturated heterocycles. The second kappa shape index (κ2) is 11.7. The smallest absolute Gasteiger partial charge is 0.251 e. The number of fused-ring (bicyclic) bond motifs is 1. The summed E-state index contributed by atoms with van der Waals surface area (Å²) < 4.78 is 30.3. The highest BCUT2D eigenvalue weighted by Crippen LogP contribution is 2.24. The number of aliphatic hydroxyl groups excluding tert-OH is 1. The molecule has 4 heterocycles. The van der Waals surface area contributed by atoms with Crippen LogP contribution in [0.25, 0.3) is 22.3 Å². The van der Waals surface area contributed by atoms with Crippen LogP contribution in [0.1, 0.15) is 29.9 Å². The van der Waals surface area contributed by atoms with Crippen LogP contribution in [0.3, 0.4) is 0 Å². The molecule has 5 rings (SSSR count). The maximum Gasteiger partial charge on any atom is 0.251 e. The first-order valence-corrected chi connectivity index (χ1v) is 14.7. The lowest BCUT2D eigenvalue weighted by molar-refractivity contribution is -0.00545. The molecular formula is C29H31N5O5S. The fraction of sp³-hybridized carbons (Fsp3) is 0.310. The summed E-state index contributed by atoms with van der Waals surface area (Å²) in [6.07, 6.45) is 1.96. The number of nitrogens with one attached hydrogen (secondary N) is 1. The molecule has 0 bridgehead atoms. The first-order valence-electron chi connectivity index (χ1n) is 13.1. The maximum absolute atomic E-state index is 12.7. The quantitative estimate of drug-likeness (QED) is 0.333. The lowest BCUT2D eigenvalue weighted by atomic mass is 10.1. The first kappa shape index (κ1) is 27.6. The molecule has 10 nitrogen and oxygen atoms in total. The Hall–Kier alpha value is -3.93. The molecule has 3 aromatic heterocycles. The molecule has 2 atom stereocenters. The number of hydrogen-bond acceptors (Lipinski definition) is 9. The van der Waals surface area contributed by atoms with Gasteiger partial charge in [0.15, 0.2) is 9.84 Å². The Labute approximate surface area is 233 Å². The Morgan fingerprint density at radius 2 is 1.77 bits per heavy atom. The molecule has 208 valence electrons. The molecule has 0 spiro atoms. The van der Waals surface area contributed by atoms with E-state index in [0.29, 0.717) is 5.69 Å². The van der Waals surface area contributed by atoms with E-state index in [-0.39, 0.29) is 29.2 Å². The van der Waals surface area contributed by atoms with Gasteiger partial charge < -0.3 is 20.1 Å². The van der Waals surface area contributed by atoms with Gasteiger partial charge >= 0.3 is 0 Å². The average molecular weight is 562 g/mol. The van der Waals surface area contributed by atoms with E-state index in [1.54, 1.807) is 6.20 Å². The van der Waals surface area contributed by atoms with Gasteiger partial charge in [-0.05, 0) is 62.4 Å². The van der Waals surface area contributed by atoms with Crippen molar-refractivity contribution in [2.24, 2.45) is 0 Å². The Morgan fingerprint density at radius 3 is 2.55 bits per heavy atom. The number of benzene rings is 1. The van der Waals surface area contributed by atoms with Crippen LogP contribution >= 0.6 is 0 Å². The number of aliphatic hydroxyl groups is 1. The van der Waals surface area contributed by atoms with Crippen molar-refractivity contribution in [3.63, 3.8) is 0 Å². The minimum atomic E-state index is -3.66. The van der Waals surface area contributed by atoms with E-state index in [2.05, 4.69) is 29.0 Å². The first-order chi connectivity index (χ1) is 19.2. The van der Waals surface area contributed by atoms with E-state index in [4.69, 9.17) is 19.8 Å². The number of sulfone groups is 1. The molecule has 0 radical (unpaired) electrons. The van der Waals surface area contributed by atoms with Crippen LogP contribution in [0.2, 0.25) is 0 Å². The van der Waals surface area contributed by atoms with Gasteiger partial charge in [0.1, 0.15) is 5.82 Å². The minimum absolute atomic E-state index is 0.00918. The largest absolute Gasteiger partial charge is 0.395 e. The fourth-order valence-electron chi connectivity index (χ4n) is 4.75. The molecule has 0 saturated carbocycles. The molecule has 2 N–H and O–H groups in total. The van der Waals surface area contributed by atoms with Crippen LogP contribution in [0.5, 0.6) is 0 Å². The molecule has 1 aliphatic rings. The van der Waals surface area contributed by atoms with Gasteiger partial charge in [0.2, 0.25) is 0 Å². The van der Waals surface area contributed by atoms with Crippen LogP contribution < -0.4 is 10.2 Å². The zero-order valence-electron chi connectivity index (χ0n) is 22.3. The van der Waals surface area contributed by atoms with Crippen molar-refractivity contribution in [3.05, 3.63) is 78.1 Å². The van der Waals surface area contributed by atoms with Gasteiger partial charge in [-0.2, -0.15) is 0 Å². The van der Waals surface area contributed by atoms with Gasteiger partial charge in [-0.25, -0.2) is 18.4 Å². The summed E-state index contributed by atoms with van der Waals surface area (Å²) in [4.78, 5) is 29.1. The third kappa shape index (κ3) is 6.27. The molecule has 1 fully saturated rings. The molecule has 40 heavy (non-hydrogen) atoms. The lowest BCUT2D eigenvalue weighted by Gasteiger charge is -2.36. The number of morpholine rings is 1. The van der Waals surface area contributed by atoms with Crippen LogP contribution in [0, 0.1) is 0 Å². The predicted molar refractivity (Wildman–Crippen MR) is 152 cm³/mol. The zero-order chi connectivity index (χ0) is 28.3. The molecular weight excluding hydrogens is 530 g/mol. The van der Waals surface area contributed by atoms with E-state index in [0.717, 1.165) is 41.2 Å². The highest BCUT2D eigenvalue weighted by atomic mass is 32.2. The Kier molecular flexibility index (Phi) is 8.06. The van der Waals surface area contributed by atoms with Gasteiger partial charge in [-0.15, -0.1) is 0 Å². The van der Waals surface area contributed by atoms with Gasteiger partial charge in [0.25, 0.3) is 5.91 Å².